The highest BCUT2D eigenvalue weighted by atomic mass is 16.5. The third-order valence-corrected chi connectivity index (χ3v) is 4.17. The molecule has 0 fully saturated rings. The summed E-state index contributed by atoms with van der Waals surface area (Å²) in [6, 6.07) is 14.8. The minimum absolute atomic E-state index is 0.0313. The third kappa shape index (κ3) is 3.73. The minimum atomic E-state index is -0.169. The highest BCUT2D eigenvalue weighted by molar-refractivity contribution is 6.05. The van der Waals surface area contributed by atoms with Crippen LogP contribution in [-0.4, -0.2) is 23.1 Å². The Morgan fingerprint density at radius 2 is 1.92 bits per heavy atom. The van der Waals surface area contributed by atoms with E-state index in [0.717, 1.165) is 28.0 Å². The van der Waals surface area contributed by atoms with Gasteiger partial charge in [-0.3, -0.25) is 9.78 Å². The number of aromatic nitrogens is 1. The van der Waals surface area contributed by atoms with Gasteiger partial charge in [-0.15, -0.1) is 0 Å². The molecule has 3 aromatic rings. The molecule has 1 amide bonds. The van der Waals surface area contributed by atoms with Crippen molar-refractivity contribution in [1.82, 2.24) is 4.98 Å². The Balaban J connectivity index is 1.83. The number of ether oxygens (including phenoxy) is 1. The molecule has 5 nitrogen and oxygen atoms in total. The van der Waals surface area contributed by atoms with Crippen LogP contribution in [0.1, 0.15) is 21.5 Å². The van der Waals surface area contributed by atoms with Gasteiger partial charge in [-0.2, -0.15) is 0 Å². The molecule has 0 bridgehead atoms. The van der Waals surface area contributed by atoms with Crippen LogP contribution in [0.3, 0.4) is 0 Å². The van der Waals surface area contributed by atoms with E-state index < -0.39 is 0 Å². The van der Waals surface area contributed by atoms with Gasteiger partial charge in [0.05, 0.1) is 13.7 Å². The summed E-state index contributed by atoms with van der Waals surface area (Å²) in [4.78, 5) is 16.4. The maximum atomic E-state index is 12.4. The van der Waals surface area contributed by atoms with Gasteiger partial charge >= 0.3 is 0 Å². The second-order valence-electron chi connectivity index (χ2n) is 5.91. The van der Waals surface area contributed by atoms with E-state index >= 15 is 0 Å². The number of anilines is 1. The van der Waals surface area contributed by atoms with Crippen LogP contribution in [0.15, 0.2) is 60.9 Å². The number of rotatable bonds is 5. The molecule has 0 aliphatic rings. The first-order valence-corrected chi connectivity index (χ1v) is 8.22. The van der Waals surface area contributed by atoms with Crippen LogP contribution in [0.4, 0.5) is 5.69 Å². The van der Waals surface area contributed by atoms with Gasteiger partial charge in [0.2, 0.25) is 0 Å². The number of hydrogen-bond donors (Lipinski definition) is 2. The lowest BCUT2D eigenvalue weighted by Crippen LogP contribution is -2.13. The number of nitrogens with zero attached hydrogens (tertiary/aromatic N) is 1. The fourth-order valence-corrected chi connectivity index (χ4v) is 2.74. The number of methoxy groups -OCH3 is 1. The Morgan fingerprint density at radius 3 is 2.58 bits per heavy atom. The van der Waals surface area contributed by atoms with E-state index in [2.05, 4.69) is 10.3 Å². The van der Waals surface area contributed by atoms with Crippen molar-refractivity contribution in [2.45, 2.75) is 13.5 Å². The molecule has 0 spiro atoms. The Labute approximate surface area is 152 Å². The summed E-state index contributed by atoms with van der Waals surface area (Å²) in [6.45, 7) is 1.82. The van der Waals surface area contributed by atoms with Crippen LogP contribution in [0.2, 0.25) is 0 Å². The van der Waals surface area contributed by atoms with Crippen molar-refractivity contribution < 1.29 is 14.6 Å². The molecule has 2 N–H and O–H groups in total. The molecule has 3 rings (SSSR count). The van der Waals surface area contributed by atoms with E-state index in [1.165, 1.54) is 0 Å². The van der Waals surface area contributed by atoms with Gasteiger partial charge in [-0.25, -0.2) is 0 Å². The van der Waals surface area contributed by atoms with Crippen LogP contribution in [-0.2, 0) is 6.61 Å². The minimum Gasteiger partial charge on any atom is -0.496 e. The zero-order valence-electron chi connectivity index (χ0n) is 14.7. The zero-order valence-corrected chi connectivity index (χ0v) is 14.7. The molecule has 0 aliphatic carbocycles. The number of amides is 1. The van der Waals surface area contributed by atoms with Crippen molar-refractivity contribution in [2.75, 3.05) is 12.4 Å². The first kappa shape index (κ1) is 17.6. The van der Waals surface area contributed by atoms with E-state index in [1.807, 2.05) is 49.4 Å². The van der Waals surface area contributed by atoms with E-state index in [9.17, 15) is 9.90 Å². The summed E-state index contributed by atoms with van der Waals surface area (Å²) < 4.78 is 5.41. The second-order valence-corrected chi connectivity index (χ2v) is 5.91. The average molecular weight is 348 g/mol. The Bertz CT molecular complexity index is 921. The summed E-state index contributed by atoms with van der Waals surface area (Å²) in [6.07, 6.45) is 3.27. The predicted molar refractivity (Wildman–Crippen MR) is 101 cm³/mol. The van der Waals surface area contributed by atoms with Gasteiger partial charge < -0.3 is 15.2 Å². The maximum absolute atomic E-state index is 12.4. The number of nitrogens with one attached hydrogen (secondary N) is 1. The molecule has 0 saturated heterocycles. The highest BCUT2D eigenvalue weighted by Crippen LogP contribution is 2.31. The van der Waals surface area contributed by atoms with Gasteiger partial charge in [0.25, 0.3) is 5.91 Å². The van der Waals surface area contributed by atoms with Crippen LogP contribution in [0.25, 0.3) is 11.1 Å². The average Bonchev–Trinajstić information content (AvgIpc) is 2.68. The number of aryl methyl sites for hydroxylation is 1. The maximum Gasteiger partial charge on any atom is 0.256 e. The number of benzene rings is 2. The number of carbonyl (C=O) groups excluding carboxylic acids is 1. The lowest BCUT2D eigenvalue weighted by Gasteiger charge is -2.12. The van der Waals surface area contributed by atoms with Gasteiger partial charge in [0, 0.05) is 29.2 Å². The topological polar surface area (TPSA) is 71.5 Å². The van der Waals surface area contributed by atoms with Crippen molar-refractivity contribution >= 4 is 11.6 Å². The molecule has 0 radical (unpaired) electrons. The largest absolute Gasteiger partial charge is 0.496 e. The Morgan fingerprint density at radius 1 is 1.15 bits per heavy atom. The van der Waals surface area contributed by atoms with Crippen molar-refractivity contribution in [3.8, 4) is 16.9 Å². The van der Waals surface area contributed by atoms with E-state index in [1.54, 1.807) is 25.6 Å². The van der Waals surface area contributed by atoms with E-state index in [0.29, 0.717) is 11.3 Å². The number of pyridine rings is 1. The monoisotopic (exact) mass is 348 g/mol. The molecular weight excluding hydrogens is 328 g/mol. The van der Waals surface area contributed by atoms with Crippen molar-refractivity contribution in [2.24, 2.45) is 0 Å². The molecule has 26 heavy (non-hydrogen) atoms. The van der Waals surface area contributed by atoms with Crippen LogP contribution in [0.5, 0.6) is 5.75 Å². The molecule has 132 valence electrons. The standard InChI is InChI=1S/C21H20N2O3/c1-14-12-22-10-9-18(14)21(25)23-17-6-4-16(5-7-17)19-11-15(13-24)3-8-20(19)26-2/h3-12,24H,13H2,1-2H3,(H,23,25). The van der Waals surface area contributed by atoms with Crippen molar-refractivity contribution in [1.29, 1.82) is 0 Å². The Hall–Kier alpha value is -3.18. The Kier molecular flexibility index (Phi) is 5.29. The molecule has 0 saturated carbocycles. The summed E-state index contributed by atoms with van der Waals surface area (Å²) in [5, 5.41) is 12.2. The molecule has 0 atom stereocenters. The fraction of sp³-hybridized carbons (Fsp3) is 0.143. The quantitative estimate of drug-likeness (QED) is 0.735. The van der Waals surface area contributed by atoms with E-state index in [-0.39, 0.29) is 12.5 Å². The molecule has 5 heteroatoms. The van der Waals surface area contributed by atoms with Crippen molar-refractivity contribution in [3.05, 3.63) is 77.6 Å². The van der Waals surface area contributed by atoms with Gasteiger partial charge in [0.15, 0.2) is 0 Å². The SMILES string of the molecule is COc1ccc(CO)cc1-c1ccc(NC(=O)c2ccncc2C)cc1. The van der Waals surface area contributed by atoms with Crippen LogP contribution >= 0.6 is 0 Å². The first-order chi connectivity index (χ1) is 12.6. The molecule has 1 heterocycles. The van der Waals surface area contributed by atoms with Crippen LogP contribution < -0.4 is 10.1 Å². The summed E-state index contributed by atoms with van der Waals surface area (Å²) in [5.74, 6) is 0.559. The first-order valence-electron chi connectivity index (χ1n) is 8.22. The van der Waals surface area contributed by atoms with Crippen LogP contribution in [0, 0.1) is 6.92 Å². The normalized spacial score (nSPS) is 10.4. The van der Waals surface area contributed by atoms with Gasteiger partial charge in [-0.05, 0) is 53.9 Å². The molecule has 2 aromatic carbocycles. The highest BCUT2D eigenvalue weighted by Gasteiger charge is 2.10. The van der Waals surface area contributed by atoms with Crippen molar-refractivity contribution in [3.63, 3.8) is 0 Å². The molecule has 1 aromatic heterocycles. The number of aliphatic hydroxyl groups excluding tert-OH is 1. The number of aliphatic hydroxyl groups is 1. The third-order valence-electron chi connectivity index (χ3n) is 4.17. The fourth-order valence-electron chi connectivity index (χ4n) is 2.74. The second kappa shape index (κ2) is 7.80. The summed E-state index contributed by atoms with van der Waals surface area (Å²) in [7, 11) is 1.61. The summed E-state index contributed by atoms with van der Waals surface area (Å²) in [5.41, 5.74) is 4.77. The lowest BCUT2D eigenvalue weighted by molar-refractivity contribution is 0.102. The molecular formula is C21H20N2O3. The molecule has 0 unspecified atom stereocenters. The lowest BCUT2D eigenvalue weighted by atomic mass is 10.0. The van der Waals surface area contributed by atoms with Gasteiger partial charge in [-0.1, -0.05) is 18.2 Å². The number of hydrogen-bond acceptors (Lipinski definition) is 4. The predicted octanol–water partition coefficient (Wildman–Crippen LogP) is 3.81. The smallest absolute Gasteiger partial charge is 0.256 e. The van der Waals surface area contributed by atoms with E-state index in [4.69, 9.17) is 4.74 Å². The summed E-state index contributed by atoms with van der Waals surface area (Å²) >= 11 is 0. The van der Waals surface area contributed by atoms with Gasteiger partial charge in [0.1, 0.15) is 5.75 Å². The zero-order chi connectivity index (χ0) is 18.5. The molecule has 0 aliphatic heterocycles. The number of carbonyl (C=O) groups is 1.